The highest BCUT2D eigenvalue weighted by atomic mass is 16.5. The van der Waals surface area contributed by atoms with Crippen molar-refractivity contribution in [2.24, 2.45) is 11.3 Å². The van der Waals surface area contributed by atoms with E-state index in [-0.39, 0.29) is 11.5 Å². The third-order valence-electron chi connectivity index (χ3n) is 2.32. The summed E-state index contributed by atoms with van der Waals surface area (Å²) in [5, 5.41) is 3.47. The van der Waals surface area contributed by atoms with Gasteiger partial charge in [0.1, 0.15) is 0 Å². The van der Waals surface area contributed by atoms with Crippen molar-refractivity contribution in [3.8, 4) is 0 Å². The van der Waals surface area contributed by atoms with E-state index in [1.807, 2.05) is 6.92 Å². The van der Waals surface area contributed by atoms with E-state index in [4.69, 9.17) is 9.47 Å². The second-order valence-electron chi connectivity index (χ2n) is 5.77. The fraction of sp³-hybridized carbons (Fsp3) is 1.00. The summed E-state index contributed by atoms with van der Waals surface area (Å²) in [5.74, 6) is 0.698. The summed E-state index contributed by atoms with van der Waals surface area (Å²) >= 11 is 0. The van der Waals surface area contributed by atoms with Gasteiger partial charge in [-0.15, -0.1) is 0 Å². The van der Waals surface area contributed by atoms with Gasteiger partial charge in [-0.3, -0.25) is 0 Å². The highest BCUT2D eigenvalue weighted by molar-refractivity contribution is 4.72. The molecule has 16 heavy (non-hydrogen) atoms. The lowest BCUT2D eigenvalue weighted by molar-refractivity contribution is -0.0247. The van der Waals surface area contributed by atoms with Crippen LogP contribution in [0.1, 0.15) is 34.6 Å². The van der Waals surface area contributed by atoms with Crippen molar-refractivity contribution < 1.29 is 9.47 Å². The first kappa shape index (κ1) is 15.9. The first-order chi connectivity index (χ1) is 7.37. The Morgan fingerprint density at radius 3 is 2.31 bits per heavy atom. The summed E-state index contributed by atoms with van der Waals surface area (Å²) in [7, 11) is 1.70. The fourth-order valence-corrected chi connectivity index (χ4v) is 1.40. The summed E-state index contributed by atoms with van der Waals surface area (Å²) in [6.07, 6.45) is 0.175. The zero-order valence-corrected chi connectivity index (χ0v) is 11.8. The lowest BCUT2D eigenvalue weighted by Crippen LogP contribution is -2.36. The topological polar surface area (TPSA) is 30.5 Å². The summed E-state index contributed by atoms with van der Waals surface area (Å²) in [5.41, 5.74) is 0.177. The van der Waals surface area contributed by atoms with E-state index in [1.54, 1.807) is 7.11 Å². The molecule has 1 unspecified atom stereocenters. The van der Waals surface area contributed by atoms with Gasteiger partial charge in [0.25, 0.3) is 0 Å². The number of hydrogen-bond donors (Lipinski definition) is 1. The molecule has 0 amide bonds. The highest BCUT2D eigenvalue weighted by Gasteiger charge is 2.19. The Morgan fingerprint density at radius 2 is 1.81 bits per heavy atom. The molecule has 0 aromatic heterocycles. The fourth-order valence-electron chi connectivity index (χ4n) is 1.40. The van der Waals surface area contributed by atoms with Crippen LogP contribution >= 0.6 is 0 Å². The van der Waals surface area contributed by atoms with Crippen LogP contribution in [-0.4, -0.2) is 39.5 Å². The average Bonchev–Trinajstić information content (AvgIpc) is 2.14. The van der Waals surface area contributed by atoms with Crippen LogP contribution in [-0.2, 0) is 9.47 Å². The van der Waals surface area contributed by atoms with Crippen molar-refractivity contribution in [3.63, 3.8) is 0 Å². The van der Waals surface area contributed by atoms with E-state index in [0.29, 0.717) is 12.5 Å². The standard InChI is InChI=1S/C13H29NO2/c1-11(2)7-14-9-13(4,5)10-16-12(3)8-15-6/h11-12,14H,7-10H2,1-6H3. The van der Waals surface area contributed by atoms with Crippen molar-refractivity contribution in [3.05, 3.63) is 0 Å². The van der Waals surface area contributed by atoms with Gasteiger partial charge in [-0.05, 0) is 19.4 Å². The minimum absolute atomic E-state index is 0.175. The molecule has 0 fully saturated rings. The molecule has 3 heteroatoms. The third kappa shape index (κ3) is 9.13. The largest absolute Gasteiger partial charge is 0.382 e. The van der Waals surface area contributed by atoms with Crippen LogP contribution in [0.15, 0.2) is 0 Å². The van der Waals surface area contributed by atoms with Crippen LogP contribution in [0.4, 0.5) is 0 Å². The molecule has 0 aromatic rings. The molecule has 0 spiro atoms. The molecule has 0 radical (unpaired) electrons. The zero-order valence-electron chi connectivity index (χ0n) is 11.8. The van der Waals surface area contributed by atoms with Gasteiger partial charge in [0.2, 0.25) is 0 Å². The number of methoxy groups -OCH3 is 1. The zero-order chi connectivity index (χ0) is 12.6. The Labute approximate surface area is 101 Å². The molecule has 0 aliphatic rings. The highest BCUT2D eigenvalue weighted by Crippen LogP contribution is 2.15. The molecule has 0 bridgehead atoms. The number of rotatable bonds is 9. The monoisotopic (exact) mass is 231 g/mol. The second-order valence-corrected chi connectivity index (χ2v) is 5.77. The van der Waals surface area contributed by atoms with E-state index in [9.17, 15) is 0 Å². The average molecular weight is 231 g/mol. The van der Waals surface area contributed by atoms with Gasteiger partial charge in [-0.2, -0.15) is 0 Å². The van der Waals surface area contributed by atoms with Gasteiger partial charge in [-0.1, -0.05) is 27.7 Å². The quantitative estimate of drug-likeness (QED) is 0.660. The molecule has 0 rings (SSSR count). The van der Waals surface area contributed by atoms with Crippen molar-refractivity contribution >= 4 is 0 Å². The van der Waals surface area contributed by atoms with Crippen LogP contribution < -0.4 is 5.32 Å². The molecule has 0 aromatic carbocycles. The summed E-state index contributed by atoms with van der Waals surface area (Å²) < 4.78 is 10.8. The molecule has 0 saturated carbocycles. The van der Waals surface area contributed by atoms with Gasteiger partial charge in [0, 0.05) is 19.1 Å². The van der Waals surface area contributed by atoms with Gasteiger partial charge >= 0.3 is 0 Å². The van der Waals surface area contributed by atoms with E-state index >= 15 is 0 Å². The first-order valence-corrected chi connectivity index (χ1v) is 6.18. The van der Waals surface area contributed by atoms with E-state index in [0.717, 1.165) is 19.7 Å². The number of nitrogens with one attached hydrogen (secondary N) is 1. The Kier molecular flexibility index (Phi) is 7.98. The van der Waals surface area contributed by atoms with Gasteiger partial charge in [0.05, 0.1) is 19.3 Å². The minimum atomic E-state index is 0.175. The Balaban J connectivity index is 3.68. The maximum Gasteiger partial charge on any atom is 0.0780 e. The molecule has 0 heterocycles. The van der Waals surface area contributed by atoms with Crippen molar-refractivity contribution in [2.75, 3.05) is 33.4 Å². The SMILES string of the molecule is COCC(C)OCC(C)(C)CNCC(C)C. The third-order valence-corrected chi connectivity index (χ3v) is 2.32. The van der Waals surface area contributed by atoms with Crippen LogP contribution in [0.3, 0.4) is 0 Å². The maximum atomic E-state index is 5.74. The second kappa shape index (κ2) is 8.04. The number of ether oxygens (including phenoxy) is 2. The molecule has 0 aliphatic heterocycles. The maximum absolute atomic E-state index is 5.74. The van der Waals surface area contributed by atoms with Crippen LogP contribution in [0, 0.1) is 11.3 Å². The smallest absolute Gasteiger partial charge is 0.0780 e. The van der Waals surface area contributed by atoms with E-state index in [2.05, 4.69) is 33.0 Å². The van der Waals surface area contributed by atoms with Crippen LogP contribution in [0.25, 0.3) is 0 Å². The molecule has 0 saturated heterocycles. The van der Waals surface area contributed by atoms with E-state index < -0.39 is 0 Å². The first-order valence-electron chi connectivity index (χ1n) is 6.18. The molecular formula is C13H29NO2. The Morgan fingerprint density at radius 1 is 1.19 bits per heavy atom. The van der Waals surface area contributed by atoms with Crippen LogP contribution in [0.5, 0.6) is 0 Å². The molecule has 98 valence electrons. The molecule has 1 N–H and O–H groups in total. The normalized spacial score (nSPS) is 14.4. The minimum Gasteiger partial charge on any atom is -0.382 e. The molecule has 1 atom stereocenters. The lowest BCUT2D eigenvalue weighted by atomic mass is 9.94. The molecule has 3 nitrogen and oxygen atoms in total. The lowest BCUT2D eigenvalue weighted by Gasteiger charge is -2.27. The Bertz CT molecular complexity index is 169. The molecular weight excluding hydrogens is 202 g/mol. The van der Waals surface area contributed by atoms with Crippen molar-refractivity contribution in [1.29, 1.82) is 0 Å². The van der Waals surface area contributed by atoms with Crippen molar-refractivity contribution in [2.45, 2.75) is 40.7 Å². The number of hydrogen-bond acceptors (Lipinski definition) is 3. The van der Waals surface area contributed by atoms with Crippen molar-refractivity contribution in [1.82, 2.24) is 5.32 Å². The van der Waals surface area contributed by atoms with E-state index in [1.165, 1.54) is 0 Å². The van der Waals surface area contributed by atoms with Gasteiger partial charge in [0.15, 0.2) is 0 Å². The van der Waals surface area contributed by atoms with Gasteiger partial charge < -0.3 is 14.8 Å². The summed E-state index contributed by atoms with van der Waals surface area (Å²) in [4.78, 5) is 0. The predicted molar refractivity (Wildman–Crippen MR) is 68.8 cm³/mol. The molecule has 0 aliphatic carbocycles. The summed E-state index contributed by atoms with van der Waals surface area (Å²) in [6, 6.07) is 0. The predicted octanol–water partition coefficient (Wildman–Crippen LogP) is 2.31. The summed E-state index contributed by atoms with van der Waals surface area (Å²) in [6.45, 7) is 14.4. The Hall–Kier alpha value is -0.120. The van der Waals surface area contributed by atoms with Gasteiger partial charge in [-0.25, -0.2) is 0 Å². The van der Waals surface area contributed by atoms with Crippen LogP contribution in [0.2, 0.25) is 0 Å².